The van der Waals surface area contributed by atoms with E-state index in [2.05, 4.69) is 0 Å². The van der Waals surface area contributed by atoms with Crippen molar-refractivity contribution >= 4 is 11.9 Å². The van der Waals surface area contributed by atoms with Gasteiger partial charge in [-0.1, -0.05) is 0 Å². The minimum Gasteiger partial charge on any atom is -0.493 e. The van der Waals surface area contributed by atoms with Gasteiger partial charge in [0.05, 0.1) is 13.7 Å². The van der Waals surface area contributed by atoms with E-state index < -0.39 is 34.8 Å². The van der Waals surface area contributed by atoms with E-state index >= 15 is 0 Å². The number of carboxylic acid groups (broad SMARTS) is 1. The van der Waals surface area contributed by atoms with Gasteiger partial charge in [0.25, 0.3) is 5.91 Å². The van der Waals surface area contributed by atoms with Crippen LogP contribution in [0.3, 0.4) is 0 Å². The molecule has 0 saturated carbocycles. The van der Waals surface area contributed by atoms with Crippen molar-refractivity contribution < 1.29 is 28.2 Å². The van der Waals surface area contributed by atoms with Crippen molar-refractivity contribution in [2.45, 2.75) is 25.3 Å². The highest BCUT2D eigenvalue weighted by atomic mass is 19.1. The molecule has 1 fully saturated rings. The van der Waals surface area contributed by atoms with Gasteiger partial charge in [-0.15, -0.1) is 0 Å². The van der Waals surface area contributed by atoms with Crippen molar-refractivity contribution in [3.8, 4) is 5.75 Å². The first-order valence-corrected chi connectivity index (χ1v) is 8.08. The normalized spacial score (nSPS) is 18.1. The van der Waals surface area contributed by atoms with Gasteiger partial charge in [-0.25, -0.2) is 8.78 Å². The van der Waals surface area contributed by atoms with Crippen molar-refractivity contribution in [1.82, 2.24) is 9.80 Å². The highest BCUT2D eigenvalue weighted by Crippen LogP contribution is 2.28. The van der Waals surface area contributed by atoms with Crippen LogP contribution < -0.4 is 4.74 Å². The van der Waals surface area contributed by atoms with Gasteiger partial charge in [0.2, 0.25) is 0 Å². The molecule has 1 atom stereocenters. The Labute approximate surface area is 145 Å². The average molecular weight is 356 g/mol. The zero-order chi connectivity index (χ0) is 18.6. The maximum atomic E-state index is 14.1. The minimum atomic E-state index is -0.911. The third kappa shape index (κ3) is 4.45. The van der Waals surface area contributed by atoms with Crippen LogP contribution in [0.5, 0.6) is 5.75 Å². The van der Waals surface area contributed by atoms with Crippen LogP contribution in [0.2, 0.25) is 0 Å². The molecule has 1 aliphatic rings. The summed E-state index contributed by atoms with van der Waals surface area (Å²) in [5.41, 5.74) is -0.403. The molecule has 6 nitrogen and oxygen atoms in total. The topological polar surface area (TPSA) is 70.1 Å². The number of likely N-dealkylation sites (tertiary alicyclic amines) is 1. The molecule has 1 N–H and O–H groups in total. The molecule has 1 saturated heterocycles. The number of aliphatic carboxylic acids is 1. The second-order valence-electron chi connectivity index (χ2n) is 6.12. The van der Waals surface area contributed by atoms with Crippen LogP contribution >= 0.6 is 0 Å². The molecule has 25 heavy (non-hydrogen) atoms. The molecule has 1 aromatic rings. The Balaban J connectivity index is 2.14. The largest absolute Gasteiger partial charge is 0.493 e. The van der Waals surface area contributed by atoms with E-state index in [1.54, 1.807) is 11.9 Å². The molecule has 0 aliphatic carbocycles. The first-order chi connectivity index (χ1) is 11.8. The number of carbonyl (C=O) groups excluding carboxylic acids is 1. The SMILES string of the molecule is COc1c(F)ccc(F)c1C(=O)N1CCCC(N(C)CC(=O)O)CC1. The predicted molar refractivity (Wildman–Crippen MR) is 86.7 cm³/mol. The Hall–Kier alpha value is -2.22. The van der Waals surface area contributed by atoms with E-state index in [1.807, 2.05) is 0 Å². The van der Waals surface area contributed by atoms with Crippen molar-refractivity contribution in [2.75, 3.05) is 33.8 Å². The molecule has 1 aliphatic heterocycles. The lowest BCUT2D eigenvalue weighted by Crippen LogP contribution is -2.37. The van der Waals surface area contributed by atoms with E-state index in [-0.39, 0.29) is 12.6 Å². The maximum absolute atomic E-state index is 14.1. The molecule has 0 aromatic heterocycles. The second-order valence-corrected chi connectivity index (χ2v) is 6.12. The number of nitrogens with zero attached hydrogens (tertiary/aromatic N) is 2. The van der Waals surface area contributed by atoms with Crippen molar-refractivity contribution in [1.29, 1.82) is 0 Å². The fraction of sp³-hybridized carbons (Fsp3) is 0.529. The summed E-state index contributed by atoms with van der Waals surface area (Å²) < 4.78 is 32.8. The summed E-state index contributed by atoms with van der Waals surface area (Å²) >= 11 is 0. The predicted octanol–water partition coefficient (Wildman–Crippen LogP) is 1.98. The lowest BCUT2D eigenvalue weighted by molar-refractivity contribution is -0.138. The fourth-order valence-corrected chi connectivity index (χ4v) is 3.16. The number of amides is 1. The summed E-state index contributed by atoms with van der Waals surface area (Å²) in [6, 6.07) is 1.85. The number of carboxylic acids is 1. The number of hydrogen-bond acceptors (Lipinski definition) is 4. The average Bonchev–Trinajstić information content (AvgIpc) is 2.81. The summed E-state index contributed by atoms with van der Waals surface area (Å²) in [6.07, 6.45) is 1.95. The molecule has 8 heteroatoms. The van der Waals surface area contributed by atoms with E-state index in [4.69, 9.17) is 9.84 Å². The molecule has 0 spiro atoms. The monoisotopic (exact) mass is 356 g/mol. The van der Waals surface area contributed by atoms with Crippen LogP contribution in [0.15, 0.2) is 12.1 Å². The Bertz CT molecular complexity index is 654. The van der Waals surface area contributed by atoms with Crippen molar-refractivity contribution in [3.63, 3.8) is 0 Å². The van der Waals surface area contributed by atoms with Gasteiger partial charge in [-0.05, 0) is 38.4 Å². The number of carbonyl (C=O) groups is 2. The first kappa shape index (κ1) is 19.1. The third-order valence-electron chi connectivity index (χ3n) is 4.47. The lowest BCUT2D eigenvalue weighted by Gasteiger charge is -2.26. The number of methoxy groups -OCH3 is 1. The maximum Gasteiger partial charge on any atom is 0.317 e. The summed E-state index contributed by atoms with van der Waals surface area (Å²) in [4.78, 5) is 26.7. The second kappa shape index (κ2) is 8.24. The van der Waals surface area contributed by atoms with Crippen molar-refractivity contribution in [3.05, 3.63) is 29.3 Å². The molecule has 1 unspecified atom stereocenters. The summed E-state index contributed by atoms with van der Waals surface area (Å²) in [6.45, 7) is 0.660. The van der Waals surface area contributed by atoms with Crippen LogP contribution in [0.25, 0.3) is 0 Å². The highest BCUT2D eigenvalue weighted by Gasteiger charge is 2.29. The van der Waals surface area contributed by atoms with Gasteiger partial charge in [-0.2, -0.15) is 0 Å². The Morgan fingerprint density at radius 1 is 1.28 bits per heavy atom. The fourth-order valence-electron chi connectivity index (χ4n) is 3.16. The van der Waals surface area contributed by atoms with Gasteiger partial charge in [-0.3, -0.25) is 14.5 Å². The first-order valence-electron chi connectivity index (χ1n) is 8.08. The number of likely N-dealkylation sites (N-methyl/N-ethyl adjacent to an activating group) is 1. The third-order valence-corrected chi connectivity index (χ3v) is 4.47. The van der Waals surface area contributed by atoms with Gasteiger partial charge < -0.3 is 14.7 Å². The molecular formula is C17H22F2N2O4. The zero-order valence-corrected chi connectivity index (χ0v) is 14.3. The van der Waals surface area contributed by atoms with E-state index in [9.17, 15) is 18.4 Å². The molecule has 1 aromatic carbocycles. The molecule has 2 rings (SSSR count). The van der Waals surface area contributed by atoms with Gasteiger partial charge in [0.15, 0.2) is 11.6 Å². The molecule has 0 radical (unpaired) electrons. The quantitative estimate of drug-likeness (QED) is 0.874. The number of halogens is 2. The van der Waals surface area contributed by atoms with Crippen LogP contribution in [0.4, 0.5) is 8.78 Å². The Morgan fingerprint density at radius 2 is 1.96 bits per heavy atom. The number of benzene rings is 1. The molecular weight excluding hydrogens is 334 g/mol. The molecule has 138 valence electrons. The Morgan fingerprint density at radius 3 is 2.60 bits per heavy atom. The van der Waals surface area contributed by atoms with Crippen LogP contribution in [0, 0.1) is 11.6 Å². The number of ether oxygens (including phenoxy) is 1. The minimum absolute atomic E-state index is 0.0214. The summed E-state index contributed by atoms with van der Waals surface area (Å²) in [7, 11) is 2.92. The smallest absolute Gasteiger partial charge is 0.317 e. The van der Waals surface area contributed by atoms with Gasteiger partial charge in [0.1, 0.15) is 11.4 Å². The van der Waals surface area contributed by atoms with Gasteiger partial charge in [0, 0.05) is 19.1 Å². The zero-order valence-electron chi connectivity index (χ0n) is 14.3. The standard InChI is InChI=1S/C17H22F2N2O4/c1-20(10-14(22)23)11-4-3-8-21(9-7-11)17(24)15-12(18)5-6-13(19)16(15)25-2/h5-6,11H,3-4,7-10H2,1-2H3,(H,22,23). The molecule has 1 amide bonds. The number of hydrogen-bond donors (Lipinski definition) is 1. The van der Waals surface area contributed by atoms with E-state index in [0.717, 1.165) is 18.6 Å². The number of rotatable bonds is 5. The van der Waals surface area contributed by atoms with Gasteiger partial charge >= 0.3 is 5.97 Å². The Kier molecular flexibility index (Phi) is 6.30. The van der Waals surface area contributed by atoms with Crippen molar-refractivity contribution in [2.24, 2.45) is 0 Å². The highest BCUT2D eigenvalue weighted by molar-refractivity contribution is 5.97. The van der Waals surface area contributed by atoms with Crippen LogP contribution in [-0.4, -0.2) is 66.6 Å². The summed E-state index contributed by atoms with van der Waals surface area (Å²) in [5.74, 6) is -3.54. The van der Waals surface area contributed by atoms with E-state index in [0.29, 0.717) is 25.9 Å². The van der Waals surface area contributed by atoms with Crippen LogP contribution in [0.1, 0.15) is 29.6 Å². The van der Waals surface area contributed by atoms with Crippen LogP contribution in [-0.2, 0) is 4.79 Å². The summed E-state index contributed by atoms with van der Waals surface area (Å²) in [5, 5.41) is 8.89. The lowest BCUT2D eigenvalue weighted by atomic mass is 10.1. The molecule has 1 heterocycles. The molecule has 0 bridgehead atoms. The van der Waals surface area contributed by atoms with E-state index in [1.165, 1.54) is 12.0 Å².